The van der Waals surface area contributed by atoms with E-state index < -0.39 is 11.7 Å². The second-order valence-electron chi connectivity index (χ2n) is 6.45. The van der Waals surface area contributed by atoms with Gasteiger partial charge in [-0.1, -0.05) is 13.8 Å². The van der Waals surface area contributed by atoms with E-state index in [0.29, 0.717) is 31.0 Å². The SMILES string of the molecule is CC(C)Cc1[nH]nc(C(=O)Nc2ccc([C@@H]3CNCCO3)nc2)c1F. The molecule has 8 heteroatoms. The van der Waals surface area contributed by atoms with Gasteiger partial charge in [0.15, 0.2) is 11.5 Å². The van der Waals surface area contributed by atoms with Crippen LogP contribution in [0.5, 0.6) is 0 Å². The number of hydrogen-bond acceptors (Lipinski definition) is 5. The molecule has 3 heterocycles. The fraction of sp³-hybridized carbons (Fsp3) is 0.471. The Balaban J connectivity index is 1.65. The molecule has 0 spiro atoms. The minimum atomic E-state index is -0.603. The Kier molecular flexibility index (Phi) is 5.40. The lowest BCUT2D eigenvalue weighted by Crippen LogP contribution is -2.33. The van der Waals surface area contributed by atoms with Crippen LogP contribution in [0.4, 0.5) is 10.1 Å². The quantitative estimate of drug-likeness (QED) is 0.770. The van der Waals surface area contributed by atoms with E-state index in [4.69, 9.17) is 4.74 Å². The van der Waals surface area contributed by atoms with Crippen LogP contribution in [0.25, 0.3) is 0 Å². The van der Waals surface area contributed by atoms with Gasteiger partial charge < -0.3 is 15.4 Å². The second-order valence-corrected chi connectivity index (χ2v) is 6.45. The van der Waals surface area contributed by atoms with E-state index in [9.17, 15) is 9.18 Å². The number of aromatic nitrogens is 3. The third kappa shape index (κ3) is 4.21. The summed E-state index contributed by atoms with van der Waals surface area (Å²) in [4.78, 5) is 16.5. The number of halogens is 1. The zero-order chi connectivity index (χ0) is 17.8. The number of carbonyl (C=O) groups excluding carboxylic acids is 1. The maximum Gasteiger partial charge on any atom is 0.279 e. The molecule has 0 aliphatic carbocycles. The Morgan fingerprint density at radius 1 is 1.48 bits per heavy atom. The van der Waals surface area contributed by atoms with Gasteiger partial charge in [0.2, 0.25) is 0 Å². The molecule has 0 saturated carbocycles. The molecule has 134 valence electrons. The summed E-state index contributed by atoms with van der Waals surface area (Å²) in [5.41, 5.74) is 1.37. The molecule has 2 aromatic rings. The number of nitrogens with one attached hydrogen (secondary N) is 3. The molecule has 1 amide bonds. The molecule has 3 N–H and O–H groups in total. The van der Waals surface area contributed by atoms with Crippen LogP contribution in [0, 0.1) is 11.7 Å². The first-order valence-electron chi connectivity index (χ1n) is 8.37. The van der Waals surface area contributed by atoms with E-state index in [-0.39, 0.29) is 17.7 Å². The summed E-state index contributed by atoms with van der Waals surface area (Å²) in [6.07, 6.45) is 1.93. The Morgan fingerprint density at radius 3 is 2.96 bits per heavy atom. The Hall–Kier alpha value is -2.32. The first kappa shape index (κ1) is 17.5. The molecule has 0 bridgehead atoms. The summed E-state index contributed by atoms with van der Waals surface area (Å²) in [5.74, 6) is -0.939. The second kappa shape index (κ2) is 7.71. The average Bonchev–Trinajstić information content (AvgIpc) is 2.96. The smallest absolute Gasteiger partial charge is 0.279 e. The highest BCUT2D eigenvalue weighted by Crippen LogP contribution is 2.19. The van der Waals surface area contributed by atoms with Crippen molar-refractivity contribution in [3.63, 3.8) is 0 Å². The van der Waals surface area contributed by atoms with Gasteiger partial charge in [-0.25, -0.2) is 4.39 Å². The highest BCUT2D eigenvalue weighted by molar-refractivity contribution is 6.03. The maximum atomic E-state index is 14.3. The van der Waals surface area contributed by atoms with Crippen molar-refractivity contribution in [3.05, 3.63) is 41.2 Å². The van der Waals surface area contributed by atoms with Crippen molar-refractivity contribution in [1.82, 2.24) is 20.5 Å². The van der Waals surface area contributed by atoms with Gasteiger partial charge in [0.1, 0.15) is 6.10 Å². The van der Waals surface area contributed by atoms with Gasteiger partial charge in [-0.2, -0.15) is 5.10 Å². The van der Waals surface area contributed by atoms with E-state index in [1.165, 1.54) is 6.20 Å². The fourth-order valence-corrected chi connectivity index (χ4v) is 2.67. The average molecular weight is 347 g/mol. The predicted octanol–water partition coefficient (Wildman–Crippen LogP) is 2.06. The van der Waals surface area contributed by atoms with Crippen LogP contribution >= 0.6 is 0 Å². The molecule has 1 aliphatic heterocycles. The van der Waals surface area contributed by atoms with Crippen molar-refractivity contribution in [1.29, 1.82) is 0 Å². The molecule has 3 rings (SSSR count). The summed E-state index contributed by atoms with van der Waals surface area (Å²) in [5, 5.41) is 12.2. The van der Waals surface area contributed by atoms with Crippen LogP contribution in [0.15, 0.2) is 18.3 Å². The number of pyridine rings is 1. The monoisotopic (exact) mass is 347 g/mol. The van der Waals surface area contributed by atoms with Crippen molar-refractivity contribution in [3.8, 4) is 0 Å². The van der Waals surface area contributed by atoms with E-state index in [1.54, 1.807) is 12.1 Å². The number of anilines is 1. The molecule has 0 radical (unpaired) electrons. The molecule has 2 aromatic heterocycles. The largest absolute Gasteiger partial charge is 0.369 e. The van der Waals surface area contributed by atoms with Gasteiger partial charge in [-0.05, 0) is 24.5 Å². The Bertz CT molecular complexity index is 723. The van der Waals surface area contributed by atoms with Gasteiger partial charge in [-0.15, -0.1) is 0 Å². The zero-order valence-electron chi connectivity index (χ0n) is 14.3. The minimum absolute atomic E-state index is 0.0964. The van der Waals surface area contributed by atoms with Crippen LogP contribution in [-0.4, -0.2) is 40.8 Å². The van der Waals surface area contributed by atoms with Crippen molar-refractivity contribution in [2.24, 2.45) is 5.92 Å². The number of hydrogen-bond donors (Lipinski definition) is 3. The molecule has 1 aliphatic rings. The van der Waals surface area contributed by atoms with E-state index in [1.807, 2.05) is 13.8 Å². The van der Waals surface area contributed by atoms with E-state index in [2.05, 4.69) is 25.8 Å². The molecule has 1 fully saturated rings. The van der Waals surface area contributed by atoms with Crippen LogP contribution < -0.4 is 10.6 Å². The molecule has 7 nitrogen and oxygen atoms in total. The number of amides is 1. The third-order valence-electron chi connectivity index (χ3n) is 3.90. The van der Waals surface area contributed by atoms with Crippen LogP contribution in [0.3, 0.4) is 0 Å². The highest BCUT2D eigenvalue weighted by atomic mass is 19.1. The number of ether oxygens (including phenoxy) is 1. The van der Waals surface area contributed by atoms with Crippen molar-refractivity contribution in [2.75, 3.05) is 25.0 Å². The van der Waals surface area contributed by atoms with Gasteiger partial charge in [0.25, 0.3) is 5.91 Å². The van der Waals surface area contributed by atoms with Gasteiger partial charge in [-0.3, -0.25) is 14.9 Å². The number of nitrogens with zero attached hydrogens (tertiary/aromatic N) is 2. The maximum absolute atomic E-state index is 14.3. The minimum Gasteiger partial charge on any atom is -0.369 e. The van der Waals surface area contributed by atoms with Crippen LogP contribution in [0.1, 0.15) is 41.8 Å². The lowest BCUT2D eigenvalue weighted by Gasteiger charge is -2.23. The predicted molar refractivity (Wildman–Crippen MR) is 90.8 cm³/mol. The molecular weight excluding hydrogens is 325 g/mol. The van der Waals surface area contributed by atoms with E-state index >= 15 is 0 Å². The summed E-state index contributed by atoms with van der Waals surface area (Å²) in [6.45, 7) is 6.12. The van der Waals surface area contributed by atoms with Gasteiger partial charge in [0.05, 0.1) is 29.9 Å². The number of morpholine rings is 1. The van der Waals surface area contributed by atoms with E-state index in [0.717, 1.165) is 12.2 Å². The number of aromatic amines is 1. The number of H-pyrrole nitrogens is 1. The number of carbonyl (C=O) groups is 1. The zero-order valence-corrected chi connectivity index (χ0v) is 14.3. The molecule has 0 unspecified atom stereocenters. The molecule has 25 heavy (non-hydrogen) atoms. The normalized spacial score (nSPS) is 17.7. The van der Waals surface area contributed by atoms with Crippen LogP contribution in [-0.2, 0) is 11.2 Å². The van der Waals surface area contributed by atoms with Crippen molar-refractivity contribution < 1.29 is 13.9 Å². The molecular formula is C17H22FN5O2. The highest BCUT2D eigenvalue weighted by Gasteiger charge is 2.21. The van der Waals surface area contributed by atoms with Gasteiger partial charge in [0, 0.05) is 13.1 Å². The molecule has 1 saturated heterocycles. The van der Waals surface area contributed by atoms with Crippen molar-refractivity contribution >= 4 is 11.6 Å². The first-order valence-corrected chi connectivity index (χ1v) is 8.37. The summed E-state index contributed by atoms with van der Waals surface area (Å²) >= 11 is 0. The lowest BCUT2D eigenvalue weighted by atomic mass is 10.1. The summed E-state index contributed by atoms with van der Waals surface area (Å²) < 4.78 is 19.9. The van der Waals surface area contributed by atoms with Crippen molar-refractivity contribution in [2.45, 2.75) is 26.4 Å². The Labute approximate surface area is 145 Å². The van der Waals surface area contributed by atoms with Gasteiger partial charge >= 0.3 is 0 Å². The first-order chi connectivity index (χ1) is 12.0. The fourth-order valence-electron chi connectivity index (χ4n) is 2.67. The van der Waals surface area contributed by atoms with Crippen LogP contribution in [0.2, 0.25) is 0 Å². The molecule has 0 aromatic carbocycles. The standard InChI is InChI=1S/C17H22FN5O2/c1-10(2)7-13-15(18)16(23-22-13)17(24)21-11-3-4-12(20-8-11)14-9-19-5-6-25-14/h3-4,8,10,14,19H,5-7,9H2,1-2H3,(H,21,24)(H,22,23)/t14-/m0/s1. The molecule has 1 atom stereocenters. The summed E-state index contributed by atoms with van der Waals surface area (Å²) in [7, 11) is 0. The topological polar surface area (TPSA) is 91.9 Å². The third-order valence-corrected chi connectivity index (χ3v) is 3.90. The summed E-state index contributed by atoms with van der Waals surface area (Å²) in [6, 6.07) is 3.51. The lowest BCUT2D eigenvalue weighted by molar-refractivity contribution is 0.0250. The Morgan fingerprint density at radius 2 is 2.32 bits per heavy atom. The number of rotatable bonds is 5.